The lowest BCUT2D eigenvalue weighted by Gasteiger charge is -2.09. The van der Waals surface area contributed by atoms with Crippen molar-refractivity contribution in [1.29, 1.82) is 0 Å². The van der Waals surface area contributed by atoms with E-state index in [0.29, 0.717) is 25.8 Å². The van der Waals surface area contributed by atoms with Crippen LogP contribution in [0.15, 0.2) is 12.7 Å². The number of carboxylic acids is 1. The summed E-state index contributed by atoms with van der Waals surface area (Å²) in [4.78, 5) is 21.2. The Morgan fingerprint density at radius 2 is 2.21 bits per heavy atom. The molecule has 0 aromatic heterocycles. The van der Waals surface area contributed by atoms with E-state index in [-0.39, 0.29) is 11.8 Å². The third kappa shape index (κ3) is 6.22. The van der Waals surface area contributed by atoms with E-state index >= 15 is 0 Å². The molecule has 0 rings (SSSR count). The third-order valence-electron chi connectivity index (χ3n) is 1.90. The van der Waals surface area contributed by atoms with Crippen molar-refractivity contribution in [2.45, 2.75) is 26.2 Å². The summed E-state index contributed by atoms with van der Waals surface area (Å²) in [5.41, 5.74) is 0. The number of rotatable bonds is 7. The minimum Gasteiger partial charge on any atom is -0.481 e. The fraction of sp³-hybridized carbons (Fsp3) is 0.600. The molecule has 0 aliphatic rings. The van der Waals surface area contributed by atoms with Crippen molar-refractivity contribution >= 4 is 11.9 Å². The molecule has 0 heterocycles. The van der Waals surface area contributed by atoms with Gasteiger partial charge in [-0.2, -0.15) is 0 Å². The largest absolute Gasteiger partial charge is 0.481 e. The van der Waals surface area contributed by atoms with Gasteiger partial charge in [-0.05, 0) is 19.3 Å². The number of hydrogen-bond donors (Lipinski definition) is 2. The van der Waals surface area contributed by atoms with Gasteiger partial charge in [0.05, 0.1) is 5.92 Å². The van der Waals surface area contributed by atoms with E-state index in [1.54, 1.807) is 6.08 Å². The molecule has 0 aromatic carbocycles. The molecule has 0 spiro atoms. The predicted octanol–water partition coefficient (Wildman–Crippen LogP) is 1.18. The quantitative estimate of drug-likeness (QED) is 0.478. The summed E-state index contributed by atoms with van der Waals surface area (Å²) in [7, 11) is 0. The van der Waals surface area contributed by atoms with Crippen LogP contribution in [0, 0.1) is 5.92 Å². The van der Waals surface area contributed by atoms with E-state index in [0.717, 1.165) is 0 Å². The Morgan fingerprint density at radius 3 is 2.64 bits per heavy atom. The SMILES string of the molecule is C=CCC(CCCNC(C)=O)C(=O)O. The highest BCUT2D eigenvalue weighted by atomic mass is 16.4. The molecule has 0 aliphatic heterocycles. The average Bonchev–Trinajstić information content (AvgIpc) is 2.09. The van der Waals surface area contributed by atoms with Gasteiger partial charge >= 0.3 is 5.97 Å². The molecule has 0 aliphatic carbocycles. The Labute approximate surface area is 84.0 Å². The summed E-state index contributed by atoms with van der Waals surface area (Å²) in [6, 6.07) is 0. The minimum absolute atomic E-state index is 0.0828. The van der Waals surface area contributed by atoms with E-state index in [9.17, 15) is 9.59 Å². The van der Waals surface area contributed by atoms with Crippen molar-refractivity contribution in [2.24, 2.45) is 5.92 Å². The second-order valence-corrected chi connectivity index (χ2v) is 3.18. The van der Waals surface area contributed by atoms with Crippen LogP contribution in [0.2, 0.25) is 0 Å². The van der Waals surface area contributed by atoms with Gasteiger partial charge in [-0.1, -0.05) is 6.08 Å². The number of carbonyl (C=O) groups is 2. The first kappa shape index (κ1) is 12.7. The van der Waals surface area contributed by atoms with Crippen LogP contribution in [-0.4, -0.2) is 23.5 Å². The molecular weight excluding hydrogens is 182 g/mol. The summed E-state index contributed by atoms with van der Waals surface area (Å²) >= 11 is 0. The number of allylic oxidation sites excluding steroid dienone is 1. The average molecular weight is 199 g/mol. The maximum atomic E-state index is 10.7. The van der Waals surface area contributed by atoms with E-state index < -0.39 is 5.97 Å². The molecule has 0 aromatic rings. The van der Waals surface area contributed by atoms with Gasteiger partial charge in [0.25, 0.3) is 0 Å². The lowest BCUT2D eigenvalue weighted by Crippen LogP contribution is -2.22. The van der Waals surface area contributed by atoms with Crippen molar-refractivity contribution < 1.29 is 14.7 Å². The van der Waals surface area contributed by atoms with Crippen LogP contribution in [0.3, 0.4) is 0 Å². The van der Waals surface area contributed by atoms with Crippen molar-refractivity contribution in [1.82, 2.24) is 5.32 Å². The number of amides is 1. The molecule has 2 N–H and O–H groups in total. The monoisotopic (exact) mass is 199 g/mol. The summed E-state index contributed by atoms with van der Waals surface area (Å²) in [5.74, 6) is -1.26. The molecular formula is C10H17NO3. The molecule has 80 valence electrons. The molecule has 0 saturated heterocycles. The molecule has 1 unspecified atom stereocenters. The normalized spacial score (nSPS) is 11.8. The van der Waals surface area contributed by atoms with E-state index in [1.165, 1.54) is 6.92 Å². The fourth-order valence-corrected chi connectivity index (χ4v) is 1.16. The minimum atomic E-state index is -0.798. The lowest BCUT2D eigenvalue weighted by atomic mass is 10.00. The van der Waals surface area contributed by atoms with Crippen LogP contribution in [0.1, 0.15) is 26.2 Å². The zero-order valence-corrected chi connectivity index (χ0v) is 8.45. The third-order valence-corrected chi connectivity index (χ3v) is 1.90. The van der Waals surface area contributed by atoms with Gasteiger partial charge < -0.3 is 10.4 Å². The van der Waals surface area contributed by atoms with E-state index in [4.69, 9.17) is 5.11 Å². The van der Waals surface area contributed by atoms with Gasteiger partial charge in [0.1, 0.15) is 0 Å². The predicted molar refractivity (Wildman–Crippen MR) is 53.9 cm³/mol. The smallest absolute Gasteiger partial charge is 0.306 e. The molecule has 4 heteroatoms. The van der Waals surface area contributed by atoms with Crippen LogP contribution in [-0.2, 0) is 9.59 Å². The van der Waals surface area contributed by atoms with E-state index in [2.05, 4.69) is 11.9 Å². The first-order valence-corrected chi connectivity index (χ1v) is 4.66. The Bertz CT molecular complexity index is 213. The van der Waals surface area contributed by atoms with Gasteiger partial charge in [0.2, 0.25) is 5.91 Å². The lowest BCUT2D eigenvalue weighted by molar-refractivity contribution is -0.141. The molecule has 0 saturated carbocycles. The highest BCUT2D eigenvalue weighted by Gasteiger charge is 2.14. The van der Waals surface area contributed by atoms with E-state index in [1.807, 2.05) is 0 Å². The first-order chi connectivity index (χ1) is 6.57. The van der Waals surface area contributed by atoms with Crippen LogP contribution < -0.4 is 5.32 Å². The van der Waals surface area contributed by atoms with Crippen LogP contribution >= 0.6 is 0 Å². The maximum Gasteiger partial charge on any atom is 0.306 e. The van der Waals surface area contributed by atoms with Gasteiger partial charge in [0, 0.05) is 13.5 Å². The summed E-state index contributed by atoms with van der Waals surface area (Å²) in [6.07, 6.45) is 3.35. The molecule has 4 nitrogen and oxygen atoms in total. The standard InChI is InChI=1S/C10H17NO3/c1-3-5-9(10(13)14)6-4-7-11-8(2)12/h3,9H,1,4-7H2,2H3,(H,11,12)(H,13,14). The van der Waals surface area contributed by atoms with Crippen molar-refractivity contribution in [3.05, 3.63) is 12.7 Å². The van der Waals surface area contributed by atoms with Crippen LogP contribution in [0.25, 0.3) is 0 Å². The molecule has 0 bridgehead atoms. The van der Waals surface area contributed by atoms with Gasteiger partial charge in [-0.3, -0.25) is 9.59 Å². The Kier molecular flexibility index (Phi) is 6.45. The Balaban J connectivity index is 3.66. The number of hydrogen-bond acceptors (Lipinski definition) is 2. The molecule has 0 radical (unpaired) electrons. The highest BCUT2D eigenvalue weighted by molar-refractivity contribution is 5.72. The first-order valence-electron chi connectivity index (χ1n) is 4.66. The van der Waals surface area contributed by atoms with Crippen molar-refractivity contribution in [3.8, 4) is 0 Å². The second-order valence-electron chi connectivity index (χ2n) is 3.18. The van der Waals surface area contributed by atoms with Gasteiger partial charge in [-0.15, -0.1) is 6.58 Å². The number of carbonyl (C=O) groups excluding carboxylic acids is 1. The number of carboxylic acid groups (broad SMARTS) is 1. The zero-order valence-electron chi connectivity index (χ0n) is 8.45. The summed E-state index contributed by atoms with van der Waals surface area (Å²) in [6.45, 7) is 5.49. The fourth-order valence-electron chi connectivity index (χ4n) is 1.16. The van der Waals surface area contributed by atoms with Crippen molar-refractivity contribution in [3.63, 3.8) is 0 Å². The molecule has 14 heavy (non-hydrogen) atoms. The maximum absolute atomic E-state index is 10.7. The van der Waals surface area contributed by atoms with Gasteiger partial charge in [0.15, 0.2) is 0 Å². The summed E-state index contributed by atoms with van der Waals surface area (Å²) < 4.78 is 0. The summed E-state index contributed by atoms with van der Waals surface area (Å²) in [5, 5.41) is 11.4. The number of aliphatic carboxylic acids is 1. The zero-order chi connectivity index (χ0) is 11.0. The Hall–Kier alpha value is -1.32. The van der Waals surface area contributed by atoms with Crippen LogP contribution in [0.4, 0.5) is 0 Å². The Morgan fingerprint density at radius 1 is 1.57 bits per heavy atom. The topological polar surface area (TPSA) is 66.4 Å². The second kappa shape index (κ2) is 7.12. The van der Waals surface area contributed by atoms with Crippen LogP contribution in [0.5, 0.6) is 0 Å². The highest BCUT2D eigenvalue weighted by Crippen LogP contribution is 2.11. The molecule has 0 fully saturated rings. The van der Waals surface area contributed by atoms with Crippen molar-refractivity contribution in [2.75, 3.05) is 6.54 Å². The van der Waals surface area contributed by atoms with Gasteiger partial charge in [-0.25, -0.2) is 0 Å². The number of nitrogens with one attached hydrogen (secondary N) is 1. The molecule has 1 atom stereocenters. The molecule has 1 amide bonds.